The minimum Gasteiger partial charge on any atom is -0.324 e. The zero-order valence-corrected chi connectivity index (χ0v) is 15.8. The largest absolute Gasteiger partial charge is 0.324 e. The van der Waals surface area contributed by atoms with Crippen molar-refractivity contribution in [1.29, 1.82) is 0 Å². The molecule has 1 aliphatic heterocycles. The van der Waals surface area contributed by atoms with Crippen molar-refractivity contribution in [3.05, 3.63) is 59.9 Å². The Kier molecular flexibility index (Phi) is 5.27. The highest BCUT2D eigenvalue weighted by Crippen LogP contribution is 2.24. The van der Waals surface area contributed by atoms with Crippen LogP contribution >= 0.6 is 0 Å². The van der Waals surface area contributed by atoms with E-state index in [1.165, 1.54) is 24.3 Å². The van der Waals surface area contributed by atoms with Gasteiger partial charge in [0.2, 0.25) is 5.91 Å². The van der Waals surface area contributed by atoms with E-state index in [9.17, 15) is 17.6 Å². The van der Waals surface area contributed by atoms with Crippen LogP contribution in [0.4, 0.5) is 10.1 Å². The highest BCUT2D eigenvalue weighted by atomic mass is 32.2. The van der Waals surface area contributed by atoms with Crippen LogP contribution < -0.4 is 10.0 Å². The lowest BCUT2D eigenvalue weighted by Crippen LogP contribution is -2.34. The predicted octanol–water partition coefficient (Wildman–Crippen LogP) is 2.92. The Labute approximate surface area is 157 Å². The molecule has 0 bridgehead atoms. The van der Waals surface area contributed by atoms with Gasteiger partial charge in [-0.3, -0.25) is 14.5 Å². The third-order valence-corrected chi connectivity index (χ3v) is 5.87. The van der Waals surface area contributed by atoms with Crippen LogP contribution in [-0.4, -0.2) is 26.2 Å². The number of nitrogens with one attached hydrogen (secondary N) is 2. The van der Waals surface area contributed by atoms with Crippen molar-refractivity contribution in [2.75, 3.05) is 5.32 Å². The number of carbonyl (C=O) groups excluding carboxylic acids is 1. The Morgan fingerprint density at radius 1 is 1.22 bits per heavy atom. The maximum Gasteiger partial charge on any atom is 0.263 e. The van der Waals surface area contributed by atoms with Crippen LogP contribution in [0.15, 0.2) is 58.4 Å². The SMILES string of the molecule is CC[C@H](C)[C@H](N=C1NS(=O)(=O)c2ccccc21)C(=O)Nc1cccc(F)c1. The number of fused-ring (bicyclic) bond motifs is 1. The predicted molar refractivity (Wildman–Crippen MR) is 102 cm³/mol. The lowest BCUT2D eigenvalue weighted by molar-refractivity contribution is -0.118. The molecule has 0 saturated heterocycles. The van der Waals surface area contributed by atoms with Crippen LogP contribution in [0.25, 0.3) is 0 Å². The first kappa shape index (κ1) is 19.0. The molecule has 0 saturated carbocycles. The van der Waals surface area contributed by atoms with Crippen molar-refractivity contribution in [3.8, 4) is 0 Å². The van der Waals surface area contributed by atoms with Gasteiger partial charge >= 0.3 is 0 Å². The molecule has 27 heavy (non-hydrogen) atoms. The molecule has 142 valence electrons. The average molecular weight is 389 g/mol. The molecule has 8 heteroatoms. The summed E-state index contributed by atoms with van der Waals surface area (Å²) in [5, 5.41) is 2.65. The summed E-state index contributed by atoms with van der Waals surface area (Å²) < 4.78 is 40.3. The van der Waals surface area contributed by atoms with E-state index in [4.69, 9.17) is 0 Å². The second-order valence-corrected chi connectivity index (χ2v) is 8.06. The fourth-order valence-corrected chi connectivity index (χ4v) is 4.06. The first-order chi connectivity index (χ1) is 12.8. The number of halogens is 1. The Morgan fingerprint density at radius 3 is 2.67 bits per heavy atom. The molecule has 1 amide bonds. The third-order valence-electron chi connectivity index (χ3n) is 4.47. The Hall–Kier alpha value is -2.74. The molecule has 6 nitrogen and oxygen atoms in total. The lowest BCUT2D eigenvalue weighted by Gasteiger charge is -2.19. The first-order valence-electron chi connectivity index (χ1n) is 8.58. The molecule has 1 heterocycles. The lowest BCUT2D eigenvalue weighted by atomic mass is 9.98. The molecular formula is C19H20FN3O3S. The fraction of sp³-hybridized carbons (Fsp3) is 0.263. The Bertz CT molecular complexity index is 1000. The average Bonchev–Trinajstić information content (AvgIpc) is 2.90. The summed E-state index contributed by atoms with van der Waals surface area (Å²) in [5.74, 6) is -0.892. The molecule has 3 rings (SSSR count). The molecule has 2 aromatic carbocycles. The van der Waals surface area contributed by atoms with Gasteiger partial charge in [0.25, 0.3) is 10.0 Å². The van der Waals surface area contributed by atoms with E-state index in [0.29, 0.717) is 17.7 Å². The summed E-state index contributed by atoms with van der Waals surface area (Å²) in [6, 6.07) is 11.2. The fourth-order valence-electron chi connectivity index (χ4n) is 2.82. The molecule has 2 atom stereocenters. The maximum absolute atomic E-state index is 13.4. The first-order valence-corrected chi connectivity index (χ1v) is 10.1. The summed E-state index contributed by atoms with van der Waals surface area (Å²) in [6.07, 6.45) is 0.659. The van der Waals surface area contributed by atoms with E-state index in [-0.39, 0.29) is 16.6 Å². The molecule has 0 aromatic heterocycles. The maximum atomic E-state index is 13.4. The van der Waals surface area contributed by atoms with E-state index >= 15 is 0 Å². The number of hydrogen-bond acceptors (Lipinski definition) is 4. The van der Waals surface area contributed by atoms with E-state index in [2.05, 4.69) is 15.0 Å². The van der Waals surface area contributed by atoms with Crippen molar-refractivity contribution in [3.63, 3.8) is 0 Å². The molecule has 0 radical (unpaired) electrons. The van der Waals surface area contributed by atoms with Crippen molar-refractivity contribution in [1.82, 2.24) is 4.72 Å². The summed E-state index contributed by atoms with van der Waals surface area (Å²) >= 11 is 0. The number of hydrogen-bond donors (Lipinski definition) is 2. The molecule has 2 aromatic rings. The quantitative estimate of drug-likeness (QED) is 0.824. The van der Waals surface area contributed by atoms with Crippen LogP contribution in [0.1, 0.15) is 25.8 Å². The van der Waals surface area contributed by atoms with E-state index in [0.717, 1.165) is 0 Å². The van der Waals surface area contributed by atoms with Crippen LogP contribution in [0.2, 0.25) is 0 Å². The van der Waals surface area contributed by atoms with Crippen molar-refractivity contribution < 1.29 is 17.6 Å². The number of sulfonamides is 1. The number of rotatable bonds is 5. The van der Waals surface area contributed by atoms with Crippen LogP contribution in [0.3, 0.4) is 0 Å². The van der Waals surface area contributed by atoms with E-state index < -0.39 is 27.8 Å². The molecule has 0 spiro atoms. The second kappa shape index (κ2) is 7.48. The summed E-state index contributed by atoms with van der Waals surface area (Å²) in [4.78, 5) is 17.3. The molecule has 2 N–H and O–H groups in total. The van der Waals surface area contributed by atoms with Gasteiger partial charge in [0.05, 0.1) is 4.90 Å². The van der Waals surface area contributed by atoms with Gasteiger partial charge < -0.3 is 5.32 Å². The van der Waals surface area contributed by atoms with Gasteiger partial charge in [0.15, 0.2) is 0 Å². The van der Waals surface area contributed by atoms with Crippen LogP contribution in [0, 0.1) is 11.7 Å². The number of amidine groups is 1. The minimum atomic E-state index is -3.69. The Balaban J connectivity index is 1.95. The van der Waals surface area contributed by atoms with Gasteiger partial charge in [0, 0.05) is 11.3 Å². The molecule has 0 aliphatic carbocycles. The van der Waals surface area contributed by atoms with Gasteiger partial charge in [-0.2, -0.15) is 0 Å². The van der Waals surface area contributed by atoms with Crippen LogP contribution in [0.5, 0.6) is 0 Å². The van der Waals surface area contributed by atoms with Gasteiger partial charge in [-0.05, 0) is 36.2 Å². The highest BCUT2D eigenvalue weighted by molar-refractivity contribution is 7.90. The van der Waals surface area contributed by atoms with Crippen LogP contribution in [-0.2, 0) is 14.8 Å². The second-order valence-electron chi connectivity index (χ2n) is 6.41. The number of carbonyl (C=O) groups is 1. The summed E-state index contributed by atoms with van der Waals surface area (Å²) in [7, 11) is -3.69. The van der Waals surface area contributed by atoms with Crippen molar-refractivity contribution in [2.24, 2.45) is 10.9 Å². The topological polar surface area (TPSA) is 87.6 Å². The molecular weight excluding hydrogens is 369 g/mol. The summed E-state index contributed by atoms with van der Waals surface area (Å²) in [6.45, 7) is 3.77. The zero-order valence-electron chi connectivity index (χ0n) is 14.9. The number of amides is 1. The molecule has 0 fully saturated rings. The van der Waals surface area contributed by atoms with E-state index in [1.54, 1.807) is 24.3 Å². The number of benzene rings is 2. The standard InChI is InChI=1S/C19H20FN3O3S/c1-3-12(2)17(19(24)21-14-8-6-7-13(20)11-14)22-18-15-9-4-5-10-16(15)27(25,26)23-18/h4-12,17H,3H2,1-2H3,(H,21,24)(H,22,23)/t12-,17-/m0/s1. The third kappa shape index (κ3) is 4.00. The van der Waals surface area contributed by atoms with Gasteiger partial charge in [-0.25, -0.2) is 12.8 Å². The molecule has 1 aliphatic rings. The van der Waals surface area contributed by atoms with E-state index in [1.807, 2.05) is 13.8 Å². The van der Waals surface area contributed by atoms with Gasteiger partial charge in [-0.15, -0.1) is 0 Å². The number of aliphatic imine (C=N–C) groups is 1. The number of anilines is 1. The smallest absolute Gasteiger partial charge is 0.263 e. The summed E-state index contributed by atoms with van der Waals surface area (Å²) in [5.41, 5.74) is 0.755. The Morgan fingerprint density at radius 2 is 1.96 bits per heavy atom. The monoisotopic (exact) mass is 389 g/mol. The number of nitrogens with zero attached hydrogens (tertiary/aromatic N) is 1. The molecule has 0 unspecified atom stereocenters. The zero-order chi connectivity index (χ0) is 19.6. The van der Waals surface area contributed by atoms with Gasteiger partial charge in [0.1, 0.15) is 17.7 Å². The minimum absolute atomic E-state index is 0.136. The van der Waals surface area contributed by atoms with Gasteiger partial charge in [-0.1, -0.05) is 38.5 Å². The normalized spacial score (nSPS) is 18.4. The highest BCUT2D eigenvalue weighted by Gasteiger charge is 2.33. The van der Waals surface area contributed by atoms with Crippen molar-refractivity contribution in [2.45, 2.75) is 31.2 Å². The van der Waals surface area contributed by atoms with Crippen molar-refractivity contribution >= 4 is 27.5 Å².